The highest BCUT2D eigenvalue weighted by atomic mass is 35.5. The normalized spacial score (nSPS) is 19.3. The van der Waals surface area contributed by atoms with E-state index in [0.717, 1.165) is 12.4 Å². The van der Waals surface area contributed by atoms with Gasteiger partial charge in [-0.05, 0) is 25.0 Å². The molecule has 0 unspecified atom stereocenters. The molecule has 9 heteroatoms. The van der Waals surface area contributed by atoms with Crippen molar-refractivity contribution in [3.8, 4) is 11.8 Å². The average Bonchev–Trinajstić information content (AvgIpc) is 3.40. The van der Waals surface area contributed by atoms with Gasteiger partial charge in [-0.2, -0.15) is 5.26 Å². The SMILES string of the molecule is N#Cc1cc(Nc2ncc(NC3CC3)[nH]2)c(Cl)c(OC[C@@H]2COCCN2)c1. The van der Waals surface area contributed by atoms with E-state index in [-0.39, 0.29) is 6.04 Å². The van der Waals surface area contributed by atoms with Crippen LogP contribution in [0.3, 0.4) is 0 Å². The van der Waals surface area contributed by atoms with Crippen LogP contribution in [0.4, 0.5) is 17.5 Å². The fourth-order valence-electron chi connectivity index (χ4n) is 2.81. The Labute approximate surface area is 162 Å². The summed E-state index contributed by atoms with van der Waals surface area (Å²) in [6.07, 6.45) is 4.09. The molecular formula is C18H21ClN6O2. The first-order valence-corrected chi connectivity index (χ1v) is 9.35. The van der Waals surface area contributed by atoms with Gasteiger partial charge in [0.1, 0.15) is 23.2 Å². The summed E-state index contributed by atoms with van der Waals surface area (Å²) < 4.78 is 11.3. The number of benzene rings is 1. The van der Waals surface area contributed by atoms with Crippen molar-refractivity contribution >= 4 is 29.1 Å². The van der Waals surface area contributed by atoms with Gasteiger partial charge < -0.3 is 30.4 Å². The number of morpholine rings is 1. The lowest BCUT2D eigenvalue weighted by Gasteiger charge is -2.24. The molecule has 142 valence electrons. The van der Waals surface area contributed by atoms with Crippen molar-refractivity contribution in [2.75, 3.05) is 37.0 Å². The molecule has 8 nitrogen and oxygen atoms in total. The average molecular weight is 389 g/mol. The highest BCUT2D eigenvalue weighted by Crippen LogP contribution is 2.35. The van der Waals surface area contributed by atoms with Crippen molar-refractivity contribution in [1.82, 2.24) is 15.3 Å². The van der Waals surface area contributed by atoms with Crippen LogP contribution < -0.4 is 20.7 Å². The Morgan fingerprint density at radius 3 is 3.04 bits per heavy atom. The quantitative estimate of drug-likeness (QED) is 0.577. The second-order valence-corrected chi connectivity index (χ2v) is 7.05. The van der Waals surface area contributed by atoms with Gasteiger partial charge in [0, 0.05) is 12.6 Å². The van der Waals surface area contributed by atoms with Crippen LogP contribution in [0.25, 0.3) is 0 Å². The van der Waals surface area contributed by atoms with Crippen LogP contribution in [0.2, 0.25) is 5.02 Å². The molecule has 0 amide bonds. The van der Waals surface area contributed by atoms with E-state index in [1.165, 1.54) is 12.8 Å². The maximum absolute atomic E-state index is 9.33. The Kier molecular flexibility index (Phi) is 5.34. The highest BCUT2D eigenvalue weighted by Gasteiger charge is 2.22. The van der Waals surface area contributed by atoms with Crippen molar-refractivity contribution < 1.29 is 9.47 Å². The number of aromatic amines is 1. The molecule has 2 heterocycles. The number of H-pyrrole nitrogens is 1. The molecule has 1 saturated carbocycles. The molecule has 0 radical (unpaired) electrons. The van der Waals surface area contributed by atoms with Gasteiger partial charge in [0.25, 0.3) is 0 Å². The zero-order chi connectivity index (χ0) is 18.6. The Morgan fingerprint density at radius 2 is 2.30 bits per heavy atom. The van der Waals surface area contributed by atoms with Crippen molar-refractivity contribution in [3.05, 3.63) is 28.9 Å². The van der Waals surface area contributed by atoms with Gasteiger partial charge in [-0.25, -0.2) is 4.98 Å². The Bertz CT molecular complexity index is 839. The zero-order valence-electron chi connectivity index (χ0n) is 14.7. The van der Waals surface area contributed by atoms with Gasteiger partial charge in [0.15, 0.2) is 0 Å². The van der Waals surface area contributed by atoms with E-state index in [1.54, 1.807) is 18.3 Å². The number of halogens is 1. The summed E-state index contributed by atoms with van der Waals surface area (Å²) in [7, 11) is 0. The maximum atomic E-state index is 9.33. The number of nitriles is 1. The fraction of sp³-hybridized carbons (Fsp3) is 0.444. The second-order valence-electron chi connectivity index (χ2n) is 6.67. The summed E-state index contributed by atoms with van der Waals surface area (Å²) in [5, 5.41) is 19.5. The van der Waals surface area contributed by atoms with Crippen LogP contribution >= 0.6 is 11.6 Å². The number of hydrogen-bond donors (Lipinski definition) is 4. The third kappa shape index (κ3) is 4.63. The topological polar surface area (TPSA) is 107 Å². The molecule has 2 aliphatic rings. The fourth-order valence-corrected chi connectivity index (χ4v) is 3.02. The first-order valence-electron chi connectivity index (χ1n) is 8.97. The number of nitrogens with one attached hydrogen (secondary N) is 4. The zero-order valence-corrected chi connectivity index (χ0v) is 15.5. The van der Waals surface area contributed by atoms with Crippen molar-refractivity contribution in [3.63, 3.8) is 0 Å². The van der Waals surface area contributed by atoms with Gasteiger partial charge in [0.05, 0.1) is 42.8 Å². The number of ether oxygens (including phenoxy) is 2. The Morgan fingerprint density at radius 1 is 1.41 bits per heavy atom. The lowest BCUT2D eigenvalue weighted by atomic mass is 10.2. The summed E-state index contributed by atoms with van der Waals surface area (Å²) in [6.45, 7) is 2.49. The highest BCUT2D eigenvalue weighted by molar-refractivity contribution is 6.34. The summed E-state index contributed by atoms with van der Waals surface area (Å²) in [6, 6.07) is 6.07. The monoisotopic (exact) mass is 388 g/mol. The predicted molar refractivity (Wildman–Crippen MR) is 103 cm³/mol. The minimum absolute atomic E-state index is 0.0955. The van der Waals surface area contributed by atoms with Crippen molar-refractivity contribution in [1.29, 1.82) is 5.26 Å². The summed E-state index contributed by atoms with van der Waals surface area (Å²) >= 11 is 6.50. The third-order valence-corrected chi connectivity index (χ3v) is 4.76. The molecule has 1 aliphatic heterocycles. The number of nitrogens with zero attached hydrogens (tertiary/aromatic N) is 2. The molecule has 1 aromatic heterocycles. The lowest BCUT2D eigenvalue weighted by molar-refractivity contribution is 0.0593. The molecular weight excluding hydrogens is 368 g/mol. The molecule has 4 N–H and O–H groups in total. The molecule has 0 bridgehead atoms. The van der Waals surface area contributed by atoms with Crippen LogP contribution in [0, 0.1) is 11.3 Å². The minimum Gasteiger partial charge on any atom is -0.490 e. The molecule has 4 rings (SSSR count). The van der Waals surface area contributed by atoms with Crippen LogP contribution in [-0.4, -0.2) is 48.4 Å². The van der Waals surface area contributed by atoms with E-state index in [9.17, 15) is 5.26 Å². The number of hydrogen-bond acceptors (Lipinski definition) is 7. The number of rotatable bonds is 7. The largest absolute Gasteiger partial charge is 0.490 e. The van der Waals surface area contributed by atoms with Crippen molar-refractivity contribution in [2.24, 2.45) is 0 Å². The van der Waals surface area contributed by atoms with Gasteiger partial charge in [-0.1, -0.05) is 11.6 Å². The van der Waals surface area contributed by atoms with E-state index in [0.29, 0.717) is 53.8 Å². The molecule has 0 spiro atoms. The summed E-state index contributed by atoms with van der Waals surface area (Å²) in [5.41, 5.74) is 1.01. The third-order valence-electron chi connectivity index (χ3n) is 4.37. The van der Waals surface area contributed by atoms with Gasteiger partial charge in [-0.15, -0.1) is 0 Å². The standard InChI is InChI=1S/C18H21ClN6O2/c19-17-14(24-18-22-8-16(25-18)23-12-1-2-12)5-11(7-20)6-15(17)27-10-13-9-26-4-3-21-13/h5-6,8,12-13,21,23H,1-4,9-10H2,(H2,22,24,25)/t13-/m0/s1. The number of anilines is 3. The summed E-state index contributed by atoms with van der Waals surface area (Å²) in [4.78, 5) is 7.46. The van der Waals surface area contributed by atoms with E-state index in [1.807, 2.05) is 0 Å². The van der Waals surface area contributed by atoms with E-state index in [2.05, 4.69) is 32.0 Å². The number of imidazole rings is 1. The van der Waals surface area contributed by atoms with Gasteiger partial charge in [0.2, 0.25) is 5.95 Å². The molecule has 1 atom stereocenters. The minimum atomic E-state index is 0.0955. The van der Waals surface area contributed by atoms with Crippen LogP contribution in [0.1, 0.15) is 18.4 Å². The Hall–Kier alpha value is -2.47. The summed E-state index contributed by atoms with van der Waals surface area (Å²) in [5.74, 6) is 1.85. The Balaban J connectivity index is 1.47. The van der Waals surface area contributed by atoms with Crippen LogP contribution in [-0.2, 0) is 4.74 Å². The van der Waals surface area contributed by atoms with E-state index in [4.69, 9.17) is 21.1 Å². The van der Waals surface area contributed by atoms with Crippen LogP contribution in [0.5, 0.6) is 5.75 Å². The molecule has 1 saturated heterocycles. The van der Waals surface area contributed by atoms with Crippen LogP contribution in [0.15, 0.2) is 18.3 Å². The van der Waals surface area contributed by atoms with E-state index >= 15 is 0 Å². The first kappa shape index (κ1) is 17.9. The van der Waals surface area contributed by atoms with E-state index < -0.39 is 0 Å². The second kappa shape index (κ2) is 8.05. The maximum Gasteiger partial charge on any atom is 0.206 e. The van der Waals surface area contributed by atoms with Gasteiger partial charge in [-0.3, -0.25) is 0 Å². The van der Waals surface area contributed by atoms with Crippen molar-refractivity contribution in [2.45, 2.75) is 24.9 Å². The van der Waals surface area contributed by atoms with Gasteiger partial charge >= 0.3 is 0 Å². The smallest absolute Gasteiger partial charge is 0.206 e. The number of aromatic nitrogens is 2. The lowest BCUT2D eigenvalue weighted by Crippen LogP contribution is -2.44. The first-order chi connectivity index (χ1) is 13.2. The molecule has 2 fully saturated rings. The molecule has 2 aromatic rings. The molecule has 1 aromatic carbocycles. The molecule has 1 aliphatic carbocycles. The molecule has 27 heavy (non-hydrogen) atoms. The predicted octanol–water partition coefficient (Wildman–Crippen LogP) is 2.62.